The molecule has 1 aliphatic carbocycles. The third-order valence-electron chi connectivity index (χ3n) is 11.7. The summed E-state index contributed by atoms with van der Waals surface area (Å²) in [6.45, 7) is 3.90. The molecule has 1 rings (SSSR count). The molecule has 0 aliphatic heterocycles. The van der Waals surface area contributed by atoms with Crippen molar-refractivity contribution in [1.29, 1.82) is 0 Å². The maximum absolute atomic E-state index is 12.9. The van der Waals surface area contributed by atoms with E-state index in [0.717, 1.165) is 38.5 Å². The van der Waals surface area contributed by atoms with Gasteiger partial charge in [-0.3, -0.25) is 13.8 Å². The highest BCUT2D eigenvalue weighted by Gasteiger charge is 2.51. The number of aliphatic hydroxyl groups is 6. The smallest absolute Gasteiger partial charge is 0.391 e. The Morgan fingerprint density at radius 3 is 1.21 bits per heavy atom. The molecule has 1 amide bonds. The third-order valence-corrected chi connectivity index (χ3v) is 12.7. The summed E-state index contributed by atoms with van der Waals surface area (Å²) >= 11 is 0. The van der Waals surface area contributed by atoms with Gasteiger partial charge >= 0.3 is 7.82 Å². The van der Waals surface area contributed by atoms with Crippen LogP contribution in [-0.2, 0) is 18.4 Å². The van der Waals surface area contributed by atoms with Gasteiger partial charge in [-0.2, -0.15) is 0 Å². The van der Waals surface area contributed by atoms with Crippen molar-refractivity contribution in [3.05, 3.63) is 0 Å². The summed E-state index contributed by atoms with van der Waals surface area (Å²) in [4.78, 5) is 23.4. The highest BCUT2D eigenvalue weighted by molar-refractivity contribution is 7.47. The maximum atomic E-state index is 12.9. The highest BCUT2D eigenvalue weighted by Crippen LogP contribution is 2.47. The molecular weight excluding hydrogens is 749 g/mol. The van der Waals surface area contributed by atoms with E-state index in [4.69, 9.17) is 9.05 Å². The van der Waals surface area contributed by atoms with E-state index in [1.165, 1.54) is 141 Å². The van der Waals surface area contributed by atoms with Crippen LogP contribution in [0.5, 0.6) is 0 Å². The Morgan fingerprint density at radius 1 is 0.526 bits per heavy atom. The van der Waals surface area contributed by atoms with Crippen molar-refractivity contribution in [3.63, 3.8) is 0 Å². The van der Waals surface area contributed by atoms with Gasteiger partial charge < -0.3 is 40.8 Å². The SMILES string of the molecule is CCCCCCCCCCCCCCCCCCC[C@@H](O)[C@H](COP(=O)(O)OC1C(O)C(O)C(O)[C@@H](O)C1O)NC(=O)CCCCCCCCCCCCCCC. The molecule has 0 saturated heterocycles. The van der Waals surface area contributed by atoms with Crippen molar-refractivity contribution in [3.8, 4) is 0 Å². The van der Waals surface area contributed by atoms with E-state index < -0.39 is 63.2 Å². The van der Waals surface area contributed by atoms with E-state index in [0.29, 0.717) is 19.3 Å². The summed E-state index contributed by atoms with van der Waals surface area (Å²) in [6, 6.07) is -1.02. The van der Waals surface area contributed by atoms with Crippen molar-refractivity contribution >= 4 is 13.7 Å². The molecule has 0 spiro atoms. The van der Waals surface area contributed by atoms with Crippen LogP contribution in [0.15, 0.2) is 0 Å². The van der Waals surface area contributed by atoms with Crippen LogP contribution in [0, 0.1) is 0 Å². The number of hydrogen-bond donors (Lipinski definition) is 8. The molecule has 1 fully saturated rings. The van der Waals surface area contributed by atoms with Gasteiger partial charge in [-0.25, -0.2) is 4.57 Å². The molecule has 0 aromatic heterocycles. The molecule has 0 bridgehead atoms. The molecule has 1 saturated carbocycles. The number of nitrogens with one attached hydrogen (secondary N) is 1. The van der Waals surface area contributed by atoms with Crippen LogP contribution >= 0.6 is 7.82 Å². The highest BCUT2D eigenvalue weighted by atomic mass is 31.2. The molecule has 13 heteroatoms. The number of carbonyl (C=O) groups excluding carboxylic acids is 1. The quantitative estimate of drug-likeness (QED) is 0.0217. The zero-order valence-electron chi connectivity index (χ0n) is 36.2. The predicted molar refractivity (Wildman–Crippen MR) is 228 cm³/mol. The number of phosphoric acid groups is 1. The molecule has 12 nitrogen and oxygen atoms in total. The minimum absolute atomic E-state index is 0.242. The van der Waals surface area contributed by atoms with Crippen molar-refractivity contribution in [2.75, 3.05) is 6.61 Å². The molecule has 1 aliphatic rings. The molecule has 0 heterocycles. The van der Waals surface area contributed by atoms with Gasteiger partial charge in [0.2, 0.25) is 5.91 Å². The Morgan fingerprint density at radius 2 is 0.842 bits per heavy atom. The van der Waals surface area contributed by atoms with Crippen LogP contribution in [0.2, 0.25) is 0 Å². The number of phosphoric ester groups is 1. The number of carbonyl (C=O) groups is 1. The van der Waals surface area contributed by atoms with Gasteiger partial charge in [-0.05, 0) is 12.8 Å². The topological polar surface area (TPSA) is 206 Å². The number of aliphatic hydroxyl groups excluding tert-OH is 6. The summed E-state index contributed by atoms with van der Waals surface area (Å²) in [5, 5.41) is 64.1. The van der Waals surface area contributed by atoms with Gasteiger partial charge in [0.15, 0.2) is 0 Å². The lowest BCUT2D eigenvalue weighted by atomic mass is 9.85. The fourth-order valence-electron chi connectivity index (χ4n) is 7.79. The molecule has 0 aromatic rings. The number of hydrogen-bond acceptors (Lipinski definition) is 10. The normalized spacial score (nSPS) is 23.3. The fraction of sp³-hybridized carbons (Fsp3) is 0.977. The lowest BCUT2D eigenvalue weighted by Gasteiger charge is -2.41. The minimum atomic E-state index is -5.05. The van der Waals surface area contributed by atoms with Crippen LogP contribution in [0.25, 0.3) is 0 Å². The standard InChI is InChI=1S/C44H88NO11P/c1-3-5-7-9-11-13-15-17-18-19-20-22-23-25-27-29-31-33-37(46)36(35-55-57(53,54)56-44-42(51)40(49)39(48)41(50)43(44)52)45-38(47)34-32-30-28-26-24-21-16-14-12-10-8-6-4-2/h36-37,39-44,46,48-52H,3-35H2,1-2H3,(H,45,47)(H,53,54)/t36-,37+,39?,40+,41?,42?,43?,44?/m0/s1. The lowest BCUT2D eigenvalue weighted by molar-refractivity contribution is -0.220. The van der Waals surface area contributed by atoms with Crippen LogP contribution in [0.1, 0.15) is 219 Å². The average molecular weight is 838 g/mol. The van der Waals surface area contributed by atoms with Crippen LogP contribution in [0.4, 0.5) is 0 Å². The largest absolute Gasteiger partial charge is 0.472 e. The van der Waals surface area contributed by atoms with Gasteiger partial charge in [0.25, 0.3) is 0 Å². The zero-order chi connectivity index (χ0) is 42.2. The first kappa shape index (κ1) is 54.4. The van der Waals surface area contributed by atoms with Crippen molar-refractivity contribution in [1.82, 2.24) is 5.32 Å². The van der Waals surface area contributed by atoms with Crippen molar-refractivity contribution in [2.45, 2.75) is 268 Å². The van der Waals surface area contributed by atoms with Gasteiger partial charge in [0.05, 0.1) is 18.8 Å². The molecule has 9 atom stereocenters. The van der Waals surface area contributed by atoms with E-state index >= 15 is 0 Å². The summed E-state index contributed by atoms with van der Waals surface area (Å²) in [7, 11) is -5.05. The molecule has 0 aromatic carbocycles. The van der Waals surface area contributed by atoms with Crippen LogP contribution < -0.4 is 5.32 Å². The Hall–Kier alpha value is -0.660. The second kappa shape index (κ2) is 35.0. The summed E-state index contributed by atoms with van der Waals surface area (Å²) in [5.74, 6) is -0.305. The first-order valence-electron chi connectivity index (χ1n) is 23.5. The maximum Gasteiger partial charge on any atom is 0.472 e. The van der Waals surface area contributed by atoms with Crippen LogP contribution in [0.3, 0.4) is 0 Å². The molecule has 340 valence electrons. The van der Waals surface area contributed by atoms with E-state index in [-0.39, 0.29) is 12.3 Å². The van der Waals surface area contributed by atoms with E-state index in [2.05, 4.69) is 19.2 Å². The second-order valence-corrected chi connectivity index (χ2v) is 18.4. The minimum Gasteiger partial charge on any atom is -0.391 e. The third kappa shape index (κ3) is 27.0. The monoisotopic (exact) mass is 838 g/mol. The van der Waals surface area contributed by atoms with Gasteiger partial charge in [0.1, 0.15) is 36.6 Å². The number of amides is 1. The Kier molecular flexibility index (Phi) is 33.4. The summed E-state index contributed by atoms with van der Waals surface area (Å²) in [6.07, 6.45) is 24.2. The van der Waals surface area contributed by atoms with Gasteiger partial charge in [0, 0.05) is 6.42 Å². The first-order valence-corrected chi connectivity index (χ1v) is 25.0. The molecule has 8 N–H and O–H groups in total. The Labute approximate surface area is 346 Å². The van der Waals surface area contributed by atoms with E-state index in [1.54, 1.807) is 0 Å². The molecule has 0 radical (unpaired) electrons. The summed E-state index contributed by atoms with van der Waals surface area (Å²) in [5.41, 5.74) is 0. The van der Waals surface area contributed by atoms with Gasteiger partial charge in [-0.1, -0.05) is 200 Å². The average Bonchev–Trinajstić information content (AvgIpc) is 3.19. The summed E-state index contributed by atoms with van der Waals surface area (Å²) < 4.78 is 23.0. The van der Waals surface area contributed by atoms with E-state index in [9.17, 15) is 44.9 Å². The van der Waals surface area contributed by atoms with Crippen molar-refractivity contribution < 1.29 is 53.9 Å². The molecule has 57 heavy (non-hydrogen) atoms. The van der Waals surface area contributed by atoms with Crippen LogP contribution in [-0.4, -0.2) is 96.8 Å². The van der Waals surface area contributed by atoms with Crippen molar-refractivity contribution in [2.24, 2.45) is 0 Å². The second-order valence-electron chi connectivity index (χ2n) is 17.0. The van der Waals surface area contributed by atoms with E-state index in [1.807, 2.05) is 0 Å². The Bertz CT molecular complexity index is 978. The fourth-order valence-corrected chi connectivity index (χ4v) is 8.76. The first-order chi connectivity index (χ1) is 27.4. The predicted octanol–water partition coefficient (Wildman–Crippen LogP) is 8.68. The molecular formula is C44H88NO11P. The Balaban J connectivity index is 2.45. The number of rotatable bonds is 39. The zero-order valence-corrected chi connectivity index (χ0v) is 37.1. The number of unbranched alkanes of at least 4 members (excludes halogenated alkanes) is 28. The molecule has 6 unspecified atom stereocenters. The van der Waals surface area contributed by atoms with Gasteiger partial charge in [-0.15, -0.1) is 0 Å². The lowest BCUT2D eigenvalue weighted by Crippen LogP contribution is -2.64.